The maximum atomic E-state index is 13.2. The van der Waals surface area contributed by atoms with Crippen LogP contribution in [-0.4, -0.2) is 37.6 Å². The van der Waals surface area contributed by atoms with Crippen molar-refractivity contribution in [3.8, 4) is 12.0 Å². The summed E-state index contributed by atoms with van der Waals surface area (Å²) in [5, 5.41) is 12.1. The highest BCUT2D eigenvalue weighted by atomic mass is 127. The lowest BCUT2D eigenvalue weighted by Gasteiger charge is -2.46. The van der Waals surface area contributed by atoms with Gasteiger partial charge in [-0.1, -0.05) is 225 Å². The van der Waals surface area contributed by atoms with Crippen molar-refractivity contribution in [2.45, 2.75) is 130 Å². The number of benzene rings is 6. The lowest BCUT2D eigenvalue weighted by atomic mass is 9.13. The molecule has 368 valence electrons. The van der Waals surface area contributed by atoms with Crippen LogP contribution in [0.1, 0.15) is 118 Å². The van der Waals surface area contributed by atoms with Gasteiger partial charge in [0.15, 0.2) is 7.14 Å². The molecular formula is C62H76BIN2O4. The Kier molecular flexibility index (Phi) is 21.8. The first-order valence-electron chi connectivity index (χ1n) is 25.9. The van der Waals surface area contributed by atoms with E-state index in [4.69, 9.17) is 19.5 Å². The summed E-state index contributed by atoms with van der Waals surface area (Å²) in [5.41, 5.74) is 5.20. The summed E-state index contributed by atoms with van der Waals surface area (Å²) in [7, 11) is 0. The summed E-state index contributed by atoms with van der Waals surface area (Å²) in [6, 6.07) is 62.5. The number of carbonyl (C=O) groups excluding carboxylic acids is 1. The molecule has 0 aromatic heterocycles. The minimum Gasteiger partial charge on any atom is -0.490 e. The summed E-state index contributed by atoms with van der Waals surface area (Å²) < 4.78 is 20.1. The van der Waals surface area contributed by atoms with Crippen molar-refractivity contribution in [2.75, 3.05) is 13.2 Å². The van der Waals surface area contributed by atoms with E-state index in [0.29, 0.717) is 13.2 Å². The number of hydrogen-bond donors (Lipinski definition) is 1. The molecule has 7 rings (SSSR count). The number of rotatable bonds is 24. The number of hydrogen-bond acceptors (Lipinski definition) is 5. The lowest BCUT2D eigenvalue weighted by Crippen LogP contribution is -3.61. The van der Waals surface area contributed by atoms with Gasteiger partial charge in [0, 0.05) is 11.5 Å². The molecule has 0 saturated heterocycles. The fourth-order valence-corrected chi connectivity index (χ4v) is 13.2. The molecule has 6 aromatic rings. The molecule has 6 aromatic carbocycles. The summed E-state index contributed by atoms with van der Waals surface area (Å²) >= 11 is -0.223. The van der Waals surface area contributed by atoms with E-state index in [1.165, 1.54) is 80.4 Å². The number of unbranched alkanes of at least 4 members (excludes halogenated alkanes) is 9. The van der Waals surface area contributed by atoms with Crippen molar-refractivity contribution < 1.29 is 40.2 Å². The molecule has 1 aliphatic carbocycles. The maximum Gasteiger partial charge on any atom is 0.407 e. The van der Waals surface area contributed by atoms with Crippen LogP contribution in [0.25, 0.3) is 0 Å². The van der Waals surface area contributed by atoms with Crippen LogP contribution < -0.4 is 53.1 Å². The van der Waals surface area contributed by atoms with Gasteiger partial charge in [0.05, 0.1) is 0 Å². The summed E-state index contributed by atoms with van der Waals surface area (Å²) in [4.78, 5) is 13.2. The van der Waals surface area contributed by atoms with Crippen LogP contribution >= 0.6 is 0 Å². The number of nitriles is 1. The monoisotopic (exact) mass is 1050 g/mol. The molecule has 3 unspecified atom stereocenters. The van der Waals surface area contributed by atoms with Gasteiger partial charge < -0.3 is 19.5 Å². The second-order valence-corrected chi connectivity index (χ2v) is 23.5. The second kappa shape index (κ2) is 28.4. The van der Waals surface area contributed by atoms with E-state index in [2.05, 4.69) is 197 Å². The van der Waals surface area contributed by atoms with Crippen LogP contribution in [0, 0.1) is 29.5 Å². The average Bonchev–Trinajstić information content (AvgIpc) is 3.37. The van der Waals surface area contributed by atoms with Crippen molar-refractivity contribution in [2.24, 2.45) is 10.8 Å². The van der Waals surface area contributed by atoms with E-state index in [9.17, 15) is 4.79 Å². The van der Waals surface area contributed by atoms with E-state index < -0.39 is 6.15 Å². The molecule has 1 amide bonds. The Bertz CT molecular complexity index is 2250. The Labute approximate surface area is 431 Å². The van der Waals surface area contributed by atoms with Gasteiger partial charge in [-0.25, -0.2) is 4.79 Å². The van der Waals surface area contributed by atoms with E-state index >= 15 is 0 Å². The van der Waals surface area contributed by atoms with Crippen LogP contribution in [0.5, 0.6) is 5.75 Å². The molecule has 1 saturated carbocycles. The quantitative estimate of drug-likeness (QED) is 0.0283. The third-order valence-corrected chi connectivity index (χ3v) is 16.5. The fourth-order valence-electron chi connectivity index (χ4n) is 10.9. The Balaban J connectivity index is 0.000000268. The Hall–Kier alpha value is -5.53. The highest BCUT2D eigenvalue weighted by Gasteiger charge is 2.42. The molecule has 8 heteroatoms. The molecule has 0 radical (unpaired) electrons. The predicted molar refractivity (Wildman–Crippen MR) is 287 cm³/mol. The van der Waals surface area contributed by atoms with E-state index in [-0.39, 0.29) is 50.3 Å². The van der Waals surface area contributed by atoms with Gasteiger partial charge in [0.25, 0.3) is 6.26 Å². The summed E-state index contributed by atoms with van der Waals surface area (Å²) in [5.74, 6) is 0.801. The molecule has 1 aliphatic rings. The standard InChI is InChI=1S/C38H55IN2O4.C24H20B/c1-5-6-7-8-9-10-11-12-13-17-20-35(27-44-34-23-21-32(22-24-34)39-31-18-15-14-16-19-31)45-36(42)41-33-25-37(2,3)28-38(4,26-33)29-43-30-40;1-5-13-21(14-6-1)25(22-15-7-2-8-16-22,23-17-9-3-10-18-23)24-19-11-4-12-20-24/h14-16,18-19,21-24,33,35H,5-13,17,20,25-29H2,1-4H3;1-20H/q;-1/p+1. The second-order valence-electron chi connectivity index (χ2n) is 20.4. The smallest absolute Gasteiger partial charge is 0.407 e. The van der Waals surface area contributed by atoms with Gasteiger partial charge in [-0.05, 0) is 73.9 Å². The topological polar surface area (TPSA) is 80.6 Å². The van der Waals surface area contributed by atoms with Crippen LogP contribution in [0.4, 0.5) is 4.79 Å². The first-order valence-corrected chi connectivity index (χ1v) is 28.1. The van der Waals surface area contributed by atoms with Gasteiger partial charge in [-0.3, -0.25) is 0 Å². The van der Waals surface area contributed by atoms with Crippen molar-refractivity contribution in [1.29, 1.82) is 5.26 Å². The number of nitrogens with zero attached hydrogens (tertiary/aromatic N) is 1. The fraction of sp³-hybridized carbons (Fsp3) is 0.387. The van der Waals surface area contributed by atoms with E-state index in [1.807, 2.05) is 18.4 Å². The number of amides is 1. The third-order valence-electron chi connectivity index (χ3n) is 13.8. The molecule has 0 aliphatic heterocycles. The summed E-state index contributed by atoms with van der Waals surface area (Å²) in [6.45, 7) is 9.52. The molecular weight excluding hydrogens is 974 g/mol. The van der Waals surface area contributed by atoms with Gasteiger partial charge in [0.2, 0.25) is 0 Å². The zero-order valence-electron chi connectivity index (χ0n) is 42.2. The maximum absolute atomic E-state index is 13.2. The molecule has 3 atom stereocenters. The first kappa shape index (κ1) is 53.8. The number of ether oxygens (including phenoxy) is 3. The Morgan fingerprint density at radius 2 is 1.07 bits per heavy atom. The van der Waals surface area contributed by atoms with Crippen molar-refractivity contribution in [3.05, 3.63) is 183 Å². The highest BCUT2D eigenvalue weighted by molar-refractivity contribution is 7.19. The third kappa shape index (κ3) is 16.8. The Morgan fingerprint density at radius 1 is 0.629 bits per heavy atom. The zero-order valence-corrected chi connectivity index (χ0v) is 44.4. The molecule has 0 bridgehead atoms. The van der Waals surface area contributed by atoms with Crippen LogP contribution in [0.2, 0.25) is 0 Å². The van der Waals surface area contributed by atoms with Crippen molar-refractivity contribution in [1.82, 2.24) is 5.32 Å². The van der Waals surface area contributed by atoms with Crippen LogP contribution in [0.15, 0.2) is 176 Å². The minimum absolute atomic E-state index is 0.0250. The van der Waals surface area contributed by atoms with E-state index in [1.54, 1.807) is 0 Å². The van der Waals surface area contributed by atoms with Gasteiger partial charge >= 0.3 is 27.3 Å². The van der Waals surface area contributed by atoms with Gasteiger partial charge in [0.1, 0.15) is 31.2 Å². The largest absolute Gasteiger partial charge is 0.490 e. The number of alkyl carbamates (subject to hydrolysis) is 1. The van der Waals surface area contributed by atoms with Crippen LogP contribution in [-0.2, 0) is 9.47 Å². The summed E-state index contributed by atoms with van der Waals surface area (Å²) in [6.07, 6.45) is 15.9. The van der Waals surface area contributed by atoms with Crippen molar-refractivity contribution in [3.63, 3.8) is 0 Å². The van der Waals surface area contributed by atoms with E-state index in [0.717, 1.165) is 44.3 Å². The predicted octanol–water partition coefficient (Wildman–Crippen LogP) is 9.75. The normalized spacial score (nSPS) is 16.6. The molecule has 0 spiro atoms. The molecule has 0 heterocycles. The number of nitrogens with one attached hydrogen (secondary N) is 1. The van der Waals surface area contributed by atoms with Gasteiger partial charge in [-0.15, -0.1) is 0 Å². The minimum atomic E-state index is -1.22. The molecule has 1 N–H and O–H groups in total. The SMILES string of the molecule is CCCCCCCCCCCCC(COc1ccc([I+]c2ccccc2)cc1)OC(=O)NC1CC(C)(C)CC(C)(COC#N)C1.c1ccc([B-](c2ccccc2)(c2ccccc2)c2ccccc2)cc1. The average molecular weight is 1050 g/mol. The zero-order chi connectivity index (χ0) is 49.3. The van der Waals surface area contributed by atoms with Crippen LogP contribution in [0.3, 0.4) is 0 Å². The molecule has 70 heavy (non-hydrogen) atoms. The van der Waals surface area contributed by atoms with Crippen molar-refractivity contribution >= 4 is 34.1 Å². The molecule has 1 fully saturated rings. The lowest BCUT2D eigenvalue weighted by molar-refractivity contribution is -0.597. The first-order chi connectivity index (χ1) is 34.1. The van der Waals surface area contributed by atoms with Gasteiger partial charge in [-0.2, -0.15) is 27.1 Å². The highest BCUT2D eigenvalue weighted by Crippen LogP contribution is 2.46. The Morgan fingerprint density at radius 3 is 1.54 bits per heavy atom. The number of carbonyl (C=O) groups is 1. The number of halogens is 1. The molecule has 6 nitrogen and oxygen atoms in total.